The first-order chi connectivity index (χ1) is 13.5. The smallest absolute Gasteiger partial charge is 0.269 e. The standard InChI is InChI=1S/C20H16FN5OS/c1-12-3-5-14(6-4-12)17-11-28-20(22-17)26-19(27)18(13(2)25-26)24-23-16-9-7-15(21)8-10-16/h3-11,18H,1-2H3. The van der Waals surface area contributed by atoms with E-state index in [2.05, 4.69) is 20.3 Å². The molecule has 0 aliphatic carbocycles. The molecule has 8 heteroatoms. The van der Waals surface area contributed by atoms with Crippen LogP contribution in [0.4, 0.5) is 15.2 Å². The summed E-state index contributed by atoms with van der Waals surface area (Å²) >= 11 is 1.34. The number of benzene rings is 2. The van der Waals surface area contributed by atoms with E-state index in [1.807, 2.05) is 36.6 Å². The van der Waals surface area contributed by atoms with Gasteiger partial charge in [0.2, 0.25) is 5.13 Å². The van der Waals surface area contributed by atoms with Crippen molar-refractivity contribution in [1.29, 1.82) is 0 Å². The fraction of sp³-hybridized carbons (Fsp3) is 0.150. The van der Waals surface area contributed by atoms with Gasteiger partial charge in [-0.1, -0.05) is 29.8 Å². The van der Waals surface area contributed by atoms with Crippen LogP contribution in [0.15, 0.2) is 69.2 Å². The van der Waals surface area contributed by atoms with Crippen molar-refractivity contribution in [3.8, 4) is 11.3 Å². The summed E-state index contributed by atoms with van der Waals surface area (Å²) in [7, 11) is 0. The number of carbonyl (C=O) groups is 1. The quantitative estimate of drug-likeness (QED) is 0.576. The number of hydrazone groups is 1. The highest BCUT2D eigenvalue weighted by atomic mass is 32.1. The second-order valence-electron chi connectivity index (χ2n) is 6.37. The highest BCUT2D eigenvalue weighted by Gasteiger charge is 2.36. The molecule has 0 bridgehead atoms. The van der Waals surface area contributed by atoms with E-state index in [-0.39, 0.29) is 11.7 Å². The average molecular weight is 393 g/mol. The first-order valence-corrected chi connectivity index (χ1v) is 9.47. The van der Waals surface area contributed by atoms with Gasteiger partial charge < -0.3 is 0 Å². The Balaban J connectivity index is 1.53. The minimum absolute atomic E-state index is 0.312. The van der Waals surface area contributed by atoms with Gasteiger partial charge in [-0.05, 0) is 38.1 Å². The Morgan fingerprint density at radius 1 is 1.07 bits per heavy atom. The van der Waals surface area contributed by atoms with E-state index in [0.717, 1.165) is 11.3 Å². The Kier molecular flexibility index (Phi) is 4.79. The number of nitrogens with zero attached hydrogens (tertiary/aromatic N) is 5. The maximum absolute atomic E-state index is 13.0. The second-order valence-corrected chi connectivity index (χ2v) is 7.20. The Morgan fingerprint density at radius 3 is 2.50 bits per heavy atom. The lowest BCUT2D eigenvalue weighted by Gasteiger charge is -2.08. The van der Waals surface area contributed by atoms with Crippen molar-refractivity contribution in [3.05, 3.63) is 65.3 Å². The number of aryl methyl sites for hydroxylation is 1. The Hall–Kier alpha value is -3.26. The third-order valence-electron chi connectivity index (χ3n) is 4.23. The second kappa shape index (κ2) is 7.40. The topological polar surface area (TPSA) is 70.3 Å². The minimum Gasteiger partial charge on any atom is -0.269 e. The molecule has 1 unspecified atom stereocenters. The van der Waals surface area contributed by atoms with E-state index >= 15 is 0 Å². The summed E-state index contributed by atoms with van der Waals surface area (Å²) in [6, 6.07) is 12.8. The molecule has 140 valence electrons. The molecule has 4 rings (SSSR count). The van der Waals surface area contributed by atoms with Gasteiger partial charge >= 0.3 is 0 Å². The van der Waals surface area contributed by atoms with Gasteiger partial charge in [0, 0.05) is 10.9 Å². The molecule has 0 saturated carbocycles. The first kappa shape index (κ1) is 18.1. The molecular weight excluding hydrogens is 377 g/mol. The molecule has 1 atom stereocenters. The lowest BCUT2D eigenvalue weighted by molar-refractivity contribution is -0.117. The van der Waals surface area contributed by atoms with Crippen LogP contribution >= 0.6 is 11.3 Å². The molecule has 0 radical (unpaired) electrons. The molecule has 0 fully saturated rings. The van der Waals surface area contributed by atoms with Crippen molar-refractivity contribution < 1.29 is 9.18 Å². The normalized spacial score (nSPS) is 16.8. The third-order valence-corrected chi connectivity index (χ3v) is 5.05. The van der Waals surface area contributed by atoms with Crippen molar-refractivity contribution in [2.45, 2.75) is 19.9 Å². The van der Waals surface area contributed by atoms with Crippen LogP contribution in [-0.2, 0) is 4.79 Å². The van der Waals surface area contributed by atoms with Crippen molar-refractivity contribution in [3.63, 3.8) is 0 Å². The summed E-state index contributed by atoms with van der Waals surface area (Å²) in [5.74, 6) is -0.666. The summed E-state index contributed by atoms with van der Waals surface area (Å²) in [5, 5.41) is 16.1. The monoisotopic (exact) mass is 393 g/mol. The van der Waals surface area contributed by atoms with Crippen molar-refractivity contribution in [2.75, 3.05) is 5.01 Å². The molecule has 6 nitrogen and oxygen atoms in total. The van der Waals surface area contributed by atoms with E-state index in [1.165, 1.54) is 46.2 Å². The van der Waals surface area contributed by atoms with Gasteiger partial charge in [0.15, 0.2) is 6.04 Å². The molecule has 2 heterocycles. The molecule has 3 aromatic rings. The van der Waals surface area contributed by atoms with Crippen molar-refractivity contribution >= 4 is 33.8 Å². The number of hydrogen-bond donors (Lipinski definition) is 0. The fourth-order valence-corrected chi connectivity index (χ4v) is 3.46. The summed E-state index contributed by atoms with van der Waals surface area (Å²) in [6.45, 7) is 3.75. The zero-order valence-electron chi connectivity index (χ0n) is 15.2. The van der Waals surface area contributed by atoms with Crippen LogP contribution in [0, 0.1) is 12.7 Å². The Morgan fingerprint density at radius 2 is 1.79 bits per heavy atom. The van der Waals surface area contributed by atoms with Crippen LogP contribution in [0.2, 0.25) is 0 Å². The van der Waals surface area contributed by atoms with Gasteiger partial charge in [0.05, 0.1) is 17.1 Å². The summed E-state index contributed by atoms with van der Waals surface area (Å²) in [5.41, 5.74) is 3.94. The molecule has 0 saturated heterocycles. The van der Waals surface area contributed by atoms with Crippen LogP contribution in [0.3, 0.4) is 0 Å². The SMILES string of the molecule is CC1=NN(c2nc(-c3ccc(C)cc3)cs2)C(=O)C1N=Nc1ccc(F)cc1. The van der Waals surface area contributed by atoms with Gasteiger partial charge in [-0.15, -0.1) is 11.3 Å². The number of azo groups is 1. The highest BCUT2D eigenvalue weighted by molar-refractivity contribution is 7.14. The largest absolute Gasteiger partial charge is 0.282 e. The molecule has 0 spiro atoms. The number of carbonyl (C=O) groups excluding carboxylic acids is 1. The maximum Gasteiger partial charge on any atom is 0.282 e. The zero-order chi connectivity index (χ0) is 19.7. The Bertz CT molecular complexity index is 1070. The van der Waals surface area contributed by atoms with Crippen LogP contribution in [-0.4, -0.2) is 22.6 Å². The summed E-state index contributed by atoms with van der Waals surface area (Å²) in [6.07, 6.45) is 0. The van der Waals surface area contributed by atoms with Gasteiger partial charge in [-0.25, -0.2) is 9.37 Å². The lowest BCUT2D eigenvalue weighted by Crippen LogP contribution is -2.29. The molecule has 28 heavy (non-hydrogen) atoms. The Labute approximate surface area is 165 Å². The molecule has 1 aliphatic heterocycles. The van der Waals surface area contributed by atoms with Crippen LogP contribution < -0.4 is 5.01 Å². The third kappa shape index (κ3) is 3.59. The van der Waals surface area contributed by atoms with E-state index in [4.69, 9.17) is 0 Å². The van der Waals surface area contributed by atoms with Gasteiger partial charge in [-0.2, -0.15) is 20.3 Å². The summed E-state index contributed by atoms with van der Waals surface area (Å²) < 4.78 is 13.0. The molecule has 1 amide bonds. The molecule has 1 aromatic heterocycles. The van der Waals surface area contributed by atoms with Crippen LogP contribution in [0.5, 0.6) is 0 Å². The predicted molar refractivity (Wildman–Crippen MR) is 108 cm³/mol. The number of thiazole rings is 1. The molecule has 1 aliphatic rings. The number of anilines is 1. The zero-order valence-corrected chi connectivity index (χ0v) is 16.0. The summed E-state index contributed by atoms with van der Waals surface area (Å²) in [4.78, 5) is 17.3. The molecule has 0 N–H and O–H groups in total. The maximum atomic E-state index is 13.0. The van der Waals surface area contributed by atoms with Gasteiger partial charge in [-0.3, -0.25) is 4.79 Å². The van der Waals surface area contributed by atoms with E-state index in [0.29, 0.717) is 16.5 Å². The minimum atomic E-state index is -0.809. The van der Waals surface area contributed by atoms with Crippen molar-refractivity contribution in [2.24, 2.45) is 15.3 Å². The number of rotatable bonds is 4. The molecule has 2 aromatic carbocycles. The number of aromatic nitrogens is 1. The fourth-order valence-electron chi connectivity index (χ4n) is 2.68. The van der Waals surface area contributed by atoms with Crippen molar-refractivity contribution in [1.82, 2.24) is 4.98 Å². The molecular formula is C20H16FN5OS. The van der Waals surface area contributed by atoms with Crippen LogP contribution in [0.25, 0.3) is 11.3 Å². The van der Waals surface area contributed by atoms with E-state index in [9.17, 15) is 9.18 Å². The van der Waals surface area contributed by atoms with E-state index < -0.39 is 6.04 Å². The predicted octanol–water partition coefficient (Wildman–Crippen LogP) is 5.13. The first-order valence-electron chi connectivity index (χ1n) is 8.59. The number of hydrogen-bond acceptors (Lipinski definition) is 6. The number of halogens is 1. The van der Waals surface area contributed by atoms with Gasteiger partial charge in [0.25, 0.3) is 5.91 Å². The van der Waals surface area contributed by atoms with E-state index in [1.54, 1.807) is 6.92 Å². The van der Waals surface area contributed by atoms with Gasteiger partial charge in [0.1, 0.15) is 5.82 Å². The number of amides is 1. The average Bonchev–Trinajstić information content (AvgIpc) is 3.27. The van der Waals surface area contributed by atoms with Crippen LogP contribution in [0.1, 0.15) is 12.5 Å². The lowest BCUT2D eigenvalue weighted by atomic mass is 10.1. The highest BCUT2D eigenvalue weighted by Crippen LogP contribution is 2.30.